The maximum atomic E-state index is 16.4. The summed E-state index contributed by atoms with van der Waals surface area (Å²) in [6, 6.07) is 12.2. The van der Waals surface area contributed by atoms with Crippen LogP contribution in [0, 0.1) is 11.2 Å². The molecule has 4 aliphatic rings. The van der Waals surface area contributed by atoms with Crippen LogP contribution in [0.1, 0.15) is 37.1 Å². The van der Waals surface area contributed by atoms with Crippen molar-refractivity contribution < 1.29 is 28.2 Å². The highest BCUT2D eigenvalue weighted by molar-refractivity contribution is 6.36. The Labute approximate surface area is 305 Å². The average molecular weight is 728 g/mol. The zero-order valence-electron chi connectivity index (χ0n) is 29.2. The minimum atomic E-state index is -0.495. The summed E-state index contributed by atoms with van der Waals surface area (Å²) in [5, 5.41) is 6.78. The molecule has 0 bridgehead atoms. The van der Waals surface area contributed by atoms with Crippen LogP contribution in [0.25, 0.3) is 33.6 Å². The van der Waals surface area contributed by atoms with E-state index in [0.29, 0.717) is 82.4 Å². The minimum absolute atomic E-state index is 0.0673. The van der Waals surface area contributed by atoms with E-state index < -0.39 is 5.82 Å². The molecule has 12 nitrogen and oxygen atoms in total. The van der Waals surface area contributed by atoms with Gasteiger partial charge in [0.25, 0.3) is 0 Å². The van der Waals surface area contributed by atoms with Crippen LogP contribution in [-0.2, 0) is 16.1 Å². The number of nitrogens with one attached hydrogen (secondary N) is 2. The first-order chi connectivity index (χ1) is 25.1. The van der Waals surface area contributed by atoms with Crippen LogP contribution in [-0.4, -0.2) is 96.2 Å². The van der Waals surface area contributed by atoms with E-state index >= 15 is 4.39 Å². The number of carbonyl (C=O) groups excluding carboxylic acids is 2. The summed E-state index contributed by atoms with van der Waals surface area (Å²) >= 11 is 7.04. The number of rotatable bonds is 10. The SMILES string of the molecule is COc1nc(-c2cccc(-c3cccc(-c4cc5c(c(OC)n4)C(NCC4CCC(=O)N4)CO5)c3Cl)c2F)cnc1CN1CC2(C1)CN(C(C)=O)C2. The summed E-state index contributed by atoms with van der Waals surface area (Å²) in [5.41, 5.74) is 4.14. The third kappa shape index (κ3) is 6.20. The van der Waals surface area contributed by atoms with Gasteiger partial charge in [0.1, 0.15) is 23.9 Å². The van der Waals surface area contributed by atoms with Gasteiger partial charge >= 0.3 is 0 Å². The number of likely N-dealkylation sites (tertiary alicyclic amines) is 2. The molecule has 0 radical (unpaired) electrons. The van der Waals surface area contributed by atoms with Crippen LogP contribution in [0.4, 0.5) is 4.39 Å². The molecule has 0 saturated carbocycles. The molecule has 52 heavy (non-hydrogen) atoms. The first kappa shape index (κ1) is 34.2. The standard InChI is InChI=1S/C38H39ClFN7O5/c1-21(48)47-19-38(20-47)17-46(18-38)15-29-36(50-2)45-28(14-42-29)26-9-5-7-24(35(26)40)23-6-4-8-25(34(23)39)27-12-31-33(37(44-27)51-3)30(16-52-31)41-13-22-10-11-32(49)43-22/h4-9,12,14,22,30,41H,10-11,13,15-20H2,1-3H3,(H,43,49). The zero-order chi connectivity index (χ0) is 36.1. The van der Waals surface area contributed by atoms with Crippen LogP contribution in [0.2, 0.25) is 5.02 Å². The lowest BCUT2D eigenvalue weighted by Crippen LogP contribution is -2.72. The predicted molar refractivity (Wildman–Crippen MR) is 192 cm³/mol. The van der Waals surface area contributed by atoms with E-state index in [-0.39, 0.29) is 34.9 Å². The quantitative estimate of drug-likeness (QED) is 0.238. The van der Waals surface area contributed by atoms with Crippen molar-refractivity contribution >= 4 is 23.4 Å². The van der Waals surface area contributed by atoms with Gasteiger partial charge in [0.15, 0.2) is 0 Å². The molecular weight excluding hydrogens is 689 g/mol. The molecular formula is C38H39ClFN7O5. The molecule has 2 atom stereocenters. The van der Waals surface area contributed by atoms with Gasteiger partial charge < -0.3 is 29.7 Å². The Hall–Kier alpha value is -4.85. The van der Waals surface area contributed by atoms with Crippen molar-refractivity contribution in [3.05, 3.63) is 70.8 Å². The normalized spacial score (nSPS) is 20.2. The van der Waals surface area contributed by atoms with Crippen LogP contribution in [0.3, 0.4) is 0 Å². The number of ether oxygens (including phenoxy) is 3. The third-order valence-corrected chi connectivity index (χ3v) is 10.9. The van der Waals surface area contributed by atoms with E-state index in [1.54, 1.807) is 44.5 Å². The number of fused-ring (bicyclic) bond motifs is 1. The summed E-state index contributed by atoms with van der Waals surface area (Å²) in [5.74, 6) is 1.05. The Morgan fingerprint density at radius 1 is 1.04 bits per heavy atom. The first-order valence-electron chi connectivity index (χ1n) is 17.4. The molecule has 4 aromatic rings. The second-order valence-electron chi connectivity index (χ2n) is 14.1. The van der Waals surface area contributed by atoms with Crippen molar-refractivity contribution in [1.82, 2.24) is 35.4 Å². The van der Waals surface area contributed by atoms with Crippen molar-refractivity contribution in [2.75, 3.05) is 53.6 Å². The number of nitrogens with zero attached hydrogens (tertiary/aromatic N) is 5. The molecule has 2 unspecified atom stereocenters. The number of methoxy groups -OCH3 is 2. The summed E-state index contributed by atoms with van der Waals surface area (Å²) in [4.78, 5) is 41.5. The Morgan fingerprint density at radius 3 is 2.46 bits per heavy atom. The lowest BCUT2D eigenvalue weighted by molar-refractivity contribution is -0.157. The number of carbonyl (C=O) groups is 2. The zero-order valence-corrected chi connectivity index (χ0v) is 29.9. The van der Waals surface area contributed by atoms with Gasteiger partial charge in [-0.05, 0) is 12.5 Å². The molecule has 2 aromatic carbocycles. The molecule has 6 heterocycles. The highest BCUT2D eigenvalue weighted by atomic mass is 35.5. The van der Waals surface area contributed by atoms with E-state index in [1.165, 1.54) is 7.11 Å². The van der Waals surface area contributed by atoms with Crippen molar-refractivity contribution in [2.45, 2.75) is 38.4 Å². The molecule has 2 aromatic heterocycles. The fourth-order valence-corrected chi connectivity index (χ4v) is 8.19. The fraction of sp³-hybridized carbons (Fsp3) is 0.395. The van der Waals surface area contributed by atoms with Gasteiger partial charge in [0.05, 0.1) is 48.4 Å². The van der Waals surface area contributed by atoms with Gasteiger partial charge in [-0.1, -0.05) is 41.9 Å². The predicted octanol–water partition coefficient (Wildman–Crippen LogP) is 4.65. The third-order valence-electron chi connectivity index (χ3n) is 10.5. The van der Waals surface area contributed by atoms with Gasteiger partial charge in [-0.25, -0.2) is 14.4 Å². The summed E-state index contributed by atoms with van der Waals surface area (Å²) in [6.45, 7) is 6.47. The molecule has 3 fully saturated rings. The topological polar surface area (TPSA) is 131 Å². The van der Waals surface area contributed by atoms with Gasteiger partial charge in [0, 0.05) is 92.4 Å². The maximum absolute atomic E-state index is 16.4. The van der Waals surface area contributed by atoms with Crippen molar-refractivity contribution in [3.63, 3.8) is 0 Å². The Balaban J connectivity index is 1.02. The number of halogens is 2. The monoisotopic (exact) mass is 727 g/mol. The largest absolute Gasteiger partial charge is 0.491 e. The maximum Gasteiger partial charge on any atom is 0.237 e. The molecule has 270 valence electrons. The molecule has 2 N–H and O–H groups in total. The van der Waals surface area contributed by atoms with Crippen molar-refractivity contribution in [3.8, 4) is 51.2 Å². The number of hydrogen-bond donors (Lipinski definition) is 2. The molecule has 3 saturated heterocycles. The van der Waals surface area contributed by atoms with Gasteiger partial charge in [-0.3, -0.25) is 19.5 Å². The van der Waals surface area contributed by atoms with E-state index in [2.05, 4.69) is 25.5 Å². The van der Waals surface area contributed by atoms with Crippen LogP contribution in [0.5, 0.6) is 17.5 Å². The number of hydrogen-bond acceptors (Lipinski definition) is 10. The second-order valence-corrected chi connectivity index (χ2v) is 14.4. The van der Waals surface area contributed by atoms with Crippen molar-refractivity contribution in [2.24, 2.45) is 5.41 Å². The highest BCUT2D eigenvalue weighted by Gasteiger charge is 2.52. The smallest absolute Gasteiger partial charge is 0.237 e. The van der Waals surface area contributed by atoms with E-state index in [0.717, 1.165) is 38.2 Å². The molecule has 8 rings (SSSR count). The molecule has 2 amide bonds. The molecule has 4 aliphatic heterocycles. The number of benzene rings is 2. The number of aromatic nitrogens is 3. The van der Waals surface area contributed by atoms with E-state index in [1.807, 2.05) is 23.1 Å². The number of amides is 2. The average Bonchev–Trinajstić information content (AvgIpc) is 3.73. The van der Waals surface area contributed by atoms with Crippen LogP contribution >= 0.6 is 11.6 Å². The lowest BCUT2D eigenvalue weighted by atomic mass is 9.73. The molecule has 0 aliphatic carbocycles. The lowest BCUT2D eigenvalue weighted by Gasteiger charge is -2.60. The van der Waals surface area contributed by atoms with Gasteiger partial charge in [0.2, 0.25) is 23.6 Å². The van der Waals surface area contributed by atoms with Gasteiger partial charge in [-0.15, -0.1) is 0 Å². The summed E-state index contributed by atoms with van der Waals surface area (Å²) < 4.78 is 33.8. The highest BCUT2D eigenvalue weighted by Crippen LogP contribution is 2.45. The van der Waals surface area contributed by atoms with E-state index in [9.17, 15) is 9.59 Å². The van der Waals surface area contributed by atoms with Crippen LogP contribution in [0.15, 0.2) is 48.7 Å². The Morgan fingerprint density at radius 2 is 1.75 bits per heavy atom. The number of pyridine rings is 1. The minimum Gasteiger partial charge on any atom is -0.491 e. The first-order valence-corrected chi connectivity index (χ1v) is 17.7. The summed E-state index contributed by atoms with van der Waals surface area (Å²) in [7, 11) is 3.09. The van der Waals surface area contributed by atoms with Crippen molar-refractivity contribution in [1.29, 1.82) is 0 Å². The molecule has 14 heteroatoms. The Kier molecular flexibility index (Phi) is 8.96. The second kappa shape index (κ2) is 13.6. The van der Waals surface area contributed by atoms with Gasteiger partial charge in [-0.2, -0.15) is 0 Å². The summed E-state index contributed by atoms with van der Waals surface area (Å²) in [6.07, 6.45) is 2.89. The van der Waals surface area contributed by atoms with E-state index in [4.69, 9.17) is 30.8 Å². The fourth-order valence-electron chi connectivity index (χ4n) is 7.86. The molecule has 1 spiro atoms. The Bertz CT molecular complexity index is 2070. The van der Waals surface area contributed by atoms with Crippen LogP contribution < -0.4 is 24.8 Å².